The maximum absolute atomic E-state index is 11.5. The van der Waals surface area contributed by atoms with Gasteiger partial charge in [0.25, 0.3) is 0 Å². The van der Waals surface area contributed by atoms with Crippen LogP contribution in [-0.2, 0) is 4.79 Å². The van der Waals surface area contributed by atoms with E-state index in [9.17, 15) is 4.79 Å². The largest absolute Gasteiger partial charge is 0.298 e. The molecule has 0 bridgehead atoms. The fourth-order valence-electron chi connectivity index (χ4n) is 2.31. The number of ketones is 1. The average Bonchev–Trinajstić information content (AvgIpc) is 2.51. The number of nitrogens with zero attached hydrogens (tertiary/aromatic N) is 1. The number of thioether (sulfide) groups is 1. The van der Waals surface area contributed by atoms with Crippen LogP contribution in [0.15, 0.2) is 0 Å². The van der Waals surface area contributed by atoms with Gasteiger partial charge in [-0.25, -0.2) is 0 Å². The van der Waals surface area contributed by atoms with Gasteiger partial charge < -0.3 is 0 Å². The lowest BCUT2D eigenvalue weighted by Gasteiger charge is -2.34. The van der Waals surface area contributed by atoms with Gasteiger partial charge in [-0.3, -0.25) is 9.69 Å². The lowest BCUT2D eigenvalue weighted by atomic mass is 10.2. The molecule has 2 aliphatic rings. The maximum atomic E-state index is 11.5. The number of carbonyl (C=O) groups is 1. The first kappa shape index (κ1) is 9.53. The third-order valence-corrected chi connectivity index (χ3v) is 4.12. The fraction of sp³-hybridized carbons (Fsp3) is 0.900. The van der Waals surface area contributed by atoms with E-state index in [1.165, 1.54) is 5.75 Å². The summed E-state index contributed by atoms with van der Waals surface area (Å²) in [5.41, 5.74) is 0. The molecule has 0 radical (unpaired) electrons. The van der Waals surface area contributed by atoms with Crippen molar-refractivity contribution in [3.63, 3.8) is 0 Å². The highest BCUT2D eigenvalue weighted by atomic mass is 32.2. The van der Waals surface area contributed by atoms with Crippen LogP contribution < -0.4 is 0 Å². The molecule has 1 aliphatic carbocycles. The second-order valence-electron chi connectivity index (χ2n) is 4.05. The Morgan fingerprint density at radius 3 is 3.00 bits per heavy atom. The monoisotopic (exact) mass is 199 g/mol. The molecule has 1 aliphatic heterocycles. The molecule has 2 fully saturated rings. The van der Waals surface area contributed by atoms with E-state index in [1.807, 2.05) is 11.8 Å². The highest BCUT2D eigenvalue weighted by molar-refractivity contribution is 7.99. The van der Waals surface area contributed by atoms with Crippen molar-refractivity contribution in [3.8, 4) is 0 Å². The Hall–Kier alpha value is -0.0200. The Labute approximate surface area is 84.1 Å². The van der Waals surface area contributed by atoms with Crippen molar-refractivity contribution < 1.29 is 4.79 Å². The number of hydrogen-bond acceptors (Lipinski definition) is 3. The molecule has 2 nitrogen and oxygen atoms in total. The summed E-state index contributed by atoms with van der Waals surface area (Å²) in [7, 11) is 0. The summed E-state index contributed by atoms with van der Waals surface area (Å²) in [6.45, 7) is 4.49. The zero-order valence-electron chi connectivity index (χ0n) is 8.16. The van der Waals surface area contributed by atoms with E-state index in [4.69, 9.17) is 0 Å². The van der Waals surface area contributed by atoms with E-state index in [2.05, 4.69) is 11.8 Å². The van der Waals surface area contributed by atoms with E-state index in [-0.39, 0.29) is 6.04 Å². The summed E-state index contributed by atoms with van der Waals surface area (Å²) in [6, 6.07) is 0.281. The minimum absolute atomic E-state index is 0.281. The van der Waals surface area contributed by atoms with Gasteiger partial charge in [0, 0.05) is 30.5 Å². The van der Waals surface area contributed by atoms with Crippen LogP contribution in [0.2, 0.25) is 0 Å². The first-order valence-electron chi connectivity index (χ1n) is 5.16. The Balaban J connectivity index is 1.95. The predicted octanol–water partition coefficient (Wildman–Crippen LogP) is 1.55. The molecule has 0 spiro atoms. The first-order valence-corrected chi connectivity index (χ1v) is 6.20. The number of hydrogen-bond donors (Lipinski definition) is 0. The molecule has 74 valence electrons. The first-order chi connectivity index (χ1) is 6.27. The highest BCUT2D eigenvalue weighted by Crippen LogP contribution is 2.25. The van der Waals surface area contributed by atoms with E-state index >= 15 is 0 Å². The van der Waals surface area contributed by atoms with Crippen molar-refractivity contribution in [2.75, 3.05) is 18.8 Å². The van der Waals surface area contributed by atoms with Crippen LogP contribution in [0.25, 0.3) is 0 Å². The molecule has 0 amide bonds. The van der Waals surface area contributed by atoms with Gasteiger partial charge >= 0.3 is 0 Å². The molecule has 2 rings (SSSR count). The maximum Gasteiger partial charge on any atom is 0.149 e. The minimum Gasteiger partial charge on any atom is -0.298 e. The van der Waals surface area contributed by atoms with Crippen molar-refractivity contribution in [2.24, 2.45) is 0 Å². The van der Waals surface area contributed by atoms with Crippen molar-refractivity contribution in [3.05, 3.63) is 0 Å². The van der Waals surface area contributed by atoms with E-state index in [0.717, 1.165) is 32.4 Å². The van der Waals surface area contributed by atoms with Crippen LogP contribution in [0.3, 0.4) is 0 Å². The van der Waals surface area contributed by atoms with Crippen LogP contribution in [0.4, 0.5) is 0 Å². The number of Topliss-reactive ketones (excluding diaryl/α,β-unsaturated/α-hetero) is 1. The summed E-state index contributed by atoms with van der Waals surface area (Å²) in [6.07, 6.45) is 3.04. The Morgan fingerprint density at radius 1 is 1.54 bits per heavy atom. The molecule has 1 saturated heterocycles. The topological polar surface area (TPSA) is 20.3 Å². The average molecular weight is 199 g/mol. The second kappa shape index (κ2) is 4.01. The molecular formula is C10H17NOS. The van der Waals surface area contributed by atoms with Gasteiger partial charge in [0.15, 0.2) is 0 Å². The van der Waals surface area contributed by atoms with E-state index in [1.54, 1.807) is 0 Å². The van der Waals surface area contributed by atoms with Crippen LogP contribution in [0.5, 0.6) is 0 Å². The Bertz CT molecular complexity index is 207. The Morgan fingerprint density at radius 2 is 2.38 bits per heavy atom. The molecule has 1 heterocycles. The van der Waals surface area contributed by atoms with Gasteiger partial charge in [0.2, 0.25) is 0 Å². The van der Waals surface area contributed by atoms with Crippen molar-refractivity contribution in [2.45, 2.75) is 37.5 Å². The van der Waals surface area contributed by atoms with Crippen LogP contribution >= 0.6 is 11.8 Å². The lowest BCUT2D eigenvalue weighted by Crippen LogP contribution is -2.45. The fourth-order valence-corrected chi connectivity index (χ4v) is 3.35. The molecule has 0 N–H and O–H groups in total. The SMILES string of the molecule is CC1CN(C2CCCC2=O)CCS1. The van der Waals surface area contributed by atoms with Crippen molar-refractivity contribution >= 4 is 17.5 Å². The van der Waals surface area contributed by atoms with Gasteiger partial charge in [0.05, 0.1) is 6.04 Å². The van der Waals surface area contributed by atoms with Gasteiger partial charge in [0.1, 0.15) is 5.78 Å². The summed E-state index contributed by atoms with van der Waals surface area (Å²) >= 11 is 2.03. The summed E-state index contributed by atoms with van der Waals surface area (Å²) < 4.78 is 0. The minimum atomic E-state index is 0.281. The van der Waals surface area contributed by atoms with Crippen molar-refractivity contribution in [1.82, 2.24) is 4.90 Å². The molecule has 2 unspecified atom stereocenters. The zero-order valence-corrected chi connectivity index (χ0v) is 8.98. The predicted molar refractivity (Wildman–Crippen MR) is 56.1 cm³/mol. The lowest BCUT2D eigenvalue weighted by molar-refractivity contribution is -0.121. The van der Waals surface area contributed by atoms with Crippen LogP contribution in [0.1, 0.15) is 26.2 Å². The summed E-state index contributed by atoms with van der Waals surface area (Å²) in [5, 5.41) is 0.710. The molecule has 3 heteroatoms. The number of rotatable bonds is 1. The summed E-state index contributed by atoms with van der Waals surface area (Å²) in [5.74, 6) is 1.68. The van der Waals surface area contributed by atoms with Gasteiger partial charge in [-0.2, -0.15) is 11.8 Å². The highest BCUT2D eigenvalue weighted by Gasteiger charge is 2.32. The standard InChI is InChI=1S/C10H17NOS/c1-8-7-11(5-6-13-8)9-3-2-4-10(9)12/h8-9H,2-7H2,1H3. The molecule has 0 aromatic carbocycles. The van der Waals surface area contributed by atoms with Crippen LogP contribution in [-0.4, -0.2) is 40.8 Å². The normalized spacial score (nSPS) is 36.8. The molecule has 0 aromatic heterocycles. The third kappa shape index (κ3) is 2.08. The smallest absolute Gasteiger partial charge is 0.149 e. The quantitative estimate of drug-likeness (QED) is 0.639. The van der Waals surface area contributed by atoms with Crippen molar-refractivity contribution in [1.29, 1.82) is 0 Å². The Kier molecular flexibility index (Phi) is 2.94. The van der Waals surface area contributed by atoms with Gasteiger partial charge in [-0.05, 0) is 12.8 Å². The molecule has 0 aromatic rings. The van der Waals surface area contributed by atoms with E-state index in [0.29, 0.717) is 11.0 Å². The van der Waals surface area contributed by atoms with E-state index < -0.39 is 0 Å². The zero-order chi connectivity index (χ0) is 9.26. The second-order valence-corrected chi connectivity index (χ2v) is 5.60. The third-order valence-electron chi connectivity index (χ3n) is 2.99. The molecule has 2 atom stereocenters. The number of carbonyl (C=O) groups excluding carboxylic acids is 1. The summed E-state index contributed by atoms with van der Waals surface area (Å²) in [4.78, 5) is 13.9. The molecule has 13 heavy (non-hydrogen) atoms. The van der Waals surface area contributed by atoms with Crippen LogP contribution in [0, 0.1) is 0 Å². The van der Waals surface area contributed by atoms with Gasteiger partial charge in [-0.15, -0.1) is 0 Å². The molecule has 1 saturated carbocycles. The molecular weight excluding hydrogens is 182 g/mol. The van der Waals surface area contributed by atoms with Gasteiger partial charge in [-0.1, -0.05) is 6.92 Å².